The maximum atomic E-state index is 13.1. The Morgan fingerprint density at radius 3 is 2.63 bits per heavy atom. The number of ether oxygens (including phenoxy) is 1. The molecular formula is C25H25N7O5S. The Labute approximate surface area is 220 Å². The van der Waals surface area contributed by atoms with Gasteiger partial charge in [-0.3, -0.25) is 14.2 Å². The minimum Gasteiger partial charge on any atom is -0.481 e. The van der Waals surface area contributed by atoms with E-state index in [1.54, 1.807) is 42.5 Å². The van der Waals surface area contributed by atoms with Crippen molar-refractivity contribution >= 4 is 40.1 Å². The number of rotatable bonds is 8. The molecule has 1 aliphatic carbocycles. The van der Waals surface area contributed by atoms with E-state index < -0.39 is 11.4 Å². The second-order valence-corrected chi connectivity index (χ2v) is 10.5. The number of pyridine rings is 2. The first-order valence-corrected chi connectivity index (χ1v) is 13.0. The van der Waals surface area contributed by atoms with Crippen molar-refractivity contribution in [2.24, 2.45) is 13.0 Å². The number of nitrogens with zero attached hydrogens (tertiary/aromatic N) is 7. The van der Waals surface area contributed by atoms with Crippen LogP contribution in [-0.4, -0.2) is 65.7 Å². The van der Waals surface area contributed by atoms with Crippen LogP contribution in [0.25, 0.3) is 16.2 Å². The Morgan fingerprint density at radius 1 is 1.21 bits per heavy atom. The highest BCUT2D eigenvalue weighted by molar-refractivity contribution is 7.08. The predicted molar refractivity (Wildman–Crippen MR) is 139 cm³/mol. The average molecular weight is 536 g/mol. The minimum absolute atomic E-state index is 0.0870. The highest BCUT2D eigenvalue weighted by Gasteiger charge is 2.34. The van der Waals surface area contributed by atoms with Crippen LogP contribution in [0.1, 0.15) is 46.2 Å². The summed E-state index contributed by atoms with van der Waals surface area (Å²) < 4.78 is 12.8. The predicted octanol–water partition coefficient (Wildman–Crippen LogP) is 2.11. The number of hydrogen-bond donors (Lipinski definition) is 1. The molecule has 0 bridgehead atoms. The molecule has 0 spiro atoms. The van der Waals surface area contributed by atoms with Gasteiger partial charge in [-0.1, -0.05) is 0 Å². The lowest BCUT2D eigenvalue weighted by atomic mass is 9.92. The van der Waals surface area contributed by atoms with Crippen molar-refractivity contribution < 1.29 is 19.4 Å². The van der Waals surface area contributed by atoms with Crippen molar-refractivity contribution in [3.63, 3.8) is 0 Å². The van der Waals surface area contributed by atoms with Crippen LogP contribution in [0.3, 0.4) is 0 Å². The summed E-state index contributed by atoms with van der Waals surface area (Å²) in [6, 6.07) is 3.52. The molecule has 4 aromatic heterocycles. The number of aryl methyl sites for hydroxylation is 2. The number of carboxylic acids is 1. The van der Waals surface area contributed by atoms with E-state index in [1.807, 2.05) is 4.90 Å². The Hall–Kier alpha value is -4.13. The van der Waals surface area contributed by atoms with Crippen molar-refractivity contribution in [1.29, 1.82) is 0 Å². The first kappa shape index (κ1) is 24.2. The number of aromatic carboxylic acids is 1. The first-order chi connectivity index (χ1) is 18.2. The van der Waals surface area contributed by atoms with Crippen LogP contribution in [0.15, 0.2) is 23.1 Å². The summed E-state index contributed by atoms with van der Waals surface area (Å²) >= 11 is 1.15. The van der Waals surface area contributed by atoms with E-state index in [2.05, 4.69) is 14.5 Å². The molecule has 0 radical (unpaired) electrons. The molecule has 5 heterocycles. The molecule has 1 aliphatic heterocycles. The van der Waals surface area contributed by atoms with Gasteiger partial charge in [0, 0.05) is 49.9 Å². The number of carbonyl (C=O) groups is 2. The van der Waals surface area contributed by atoms with Crippen LogP contribution >= 0.6 is 11.5 Å². The topological polar surface area (TPSA) is 145 Å². The Kier molecular flexibility index (Phi) is 5.74. The summed E-state index contributed by atoms with van der Waals surface area (Å²) in [5.41, 5.74) is 0.653. The number of ketones is 1. The van der Waals surface area contributed by atoms with Crippen molar-refractivity contribution in [2.45, 2.75) is 32.1 Å². The van der Waals surface area contributed by atoms with E-state index in [0.29, 0.717) is 52.7 Å². The molecule has 1 N–H and O–H groups in total. The second kappa shape index (κ2) is 9.01. The molecule has 12 nitrogen and oxygen atoms in total. The molecule has 1 saturated heterocycles. The molecular weight excluding hydrogens is 510 g/mol. The number of fused-ring (bicyclic) bond motifs is 1. The van der Waals surface area contributed by atoms with Crippen LogP contribution < -0.4 is 15.1 Å². The zero-order valence-electron chi connectivity index (χ0n) is 21.0. The summed E-state index contributed by atoms with van der Waals surface area (Å²) in [5, 5.41) is 14.7. The van der Waals surface area contributed by atoms with Gasteiger partial charge in [0.25, 0.3) is 0 Å². The highest BCUT2D eigenvalue weighted by atomic mass is 32.1. The summed E-state index contributed by atoms with van der Waals surface area (Å²) in [6.45, 7) is 2.74. The number of carboxylic acid groups (broad SMARTS) is 1. The zero-order chi connectivity index (χ0) is 26.7. The number of hydrogen-bond acceptors (Lipinski definition) is 10. The maximum Gasteiger partial charge on any atom is 0.341 e. The van der Waals surface area contributed by atoms with Crippen molar-refractivity contribution in [2.75, 3.05) is 25.1 Å². The number of Topliss-reactive ketones (excluding diaryl/α,β-unsaturated/α-hetero) is 1. The van der Waals surface area contributed by atoms with Crippen LogP contribution in [0.4, 0.5) is 5.82 Å². The van der Waals surface area contributed by atoms with Gasteiger partial charge in [0.05, 0.1) is 30.5 Å². The monoisotopic (exact) mass is 535 g/mol. The normalized spacial score (nSPS) is 15.6. The molecule has 2 aliphatic rings. The molecule has 2 fully saturated rings. The van der Waals surface area contributed by atoms with E-state index in [9.17, 15) is 19.5 Å². The Morgan fingerprint density at radius 2 is 1.97 bits per heavy atom. The average Bonchev–Trinajstić information content (AvgIpc) is 3.46. The Balaban J connectivity index is 1.31. The molecule has 6 rings (SSSR count). The fraction of sp³-hybridized carbons (Fsp3) is 0.400. The molecule has 13 heteroatoms. The van der Waals surface area contributed by atoms with Crippen LogP contribution in [0, 0.1) is 12.8 Å². The molecule has 0 amide bonds. The molecule has 1 saturated carbocycles. The molecule has 196 valence electrons. The number of carbonyl (C=O) groups excluding carboxylic acids is 1. The lowest BCUT2D eigenvalue weighted by molar-refractivity contribution is -0.123. The van der Waals surface area contributed by atoms with Gasteiger partial charge in [-0.25, -0.2) is 19.4 Å². The van der Waals surface area contributed by atoms with Crippen molar-refractivity contribution in [3.8, 4) is 11.0 Å². The summed E-state index contributed by atoms with van der Waals surface area (Å²) in [7, 11) is 3.32. The fourth-order valence-corrected chi connectivity index (χ4v) is 5.47. The van der Waals surface area contributed by atoms with Gasteiger partial charge in [-0.15, -0.1) is 0 Å². The summed E-state index contributed by atoms with van der Waals surface area (Å²) in [6.07, 6.45) is 3.57. The van der Waals surface area contributed by atoms with Crippen LogP contribution in [-0.2, 0) is 18.3 Å². The molecule has 0 aromatic carbocycles. The number of anilines is 1. The van der Waals surface area contributed by atoms with E-state index in [1.165, 1.54) is 6.20 Å². The molecule has 0 atom stereocenters. The lowest BCUT2D eigenvalue weighted by Gasteiger charge is -2.39. The van der Waals surface area contributed by atoms with E-state index >= 15 is 0 Å². The SMILES string of the molecule is COc1cc(CC(=O)C2CN(c3cc(C)c4c(=O)c(C(=O)O)cn(-c5nc(C6CC6)ns5)c4n3)C2)nn1C. The van der Waals surface area contributed by atoms with Gasteiger partial charge in [0.15, 0.2) is 5.65 Å². The summed E-state index contributed by atoms with van der Waals surface area (Å²) in [5.74, 6) is 0.882. The summed E-state index contributed by atoms with van der Waals surface area (Å²) in [4.78, 5) is 49.1. The third kappa shape index (κ3) is 4.12. The van der Waals surface area contributed by atoms with Crippen molar-refractivity contribution in [1.82, 2.24) is 28.7 Å². The van der Waals surface area contributed by atoms with Gasteiger partial charge < -0.3 is 14.7 Å². The van der Waals surface area contributed by atoms with E-state index in [0.717, 1.165) is 30.2 Å². The second-order valence-electron chi connectivity index (χ2n) is 9.80. The standard InChI is InChI=1S/C25H25N7O5S/c1-12-6-18(31-9-14(10-31)17(33)7-15-8-19(37-3)30(2)28-15)26-23-20(12)21(34)16(24(35)36)11-32(23)25-27-22(29-38-25)13-4-5-13/h6,8,11,13-14H,4-5,7,9-10H2,1-3H3,(H,35,36). The Bertz CT molecular complexity index is 1660. The van der Waals surface area contributed by atoms with Gasteiger partial charge in [-0.05, 0) is 31.4 Å². The fourth-order valence-electron chi connectivity index (χ4n) is 4.75. The molecule has 0 unspecified atom stereocenters. The van der Waals surface area contributed by atoms with E-state index in [4.69, 9.17) is 9.72 Å². The van der Waals surface area contributed by atoms with Gasteiger partial charge in [-0.2, -0.15) is 9.47 Å². The highest BCUT2D eigenvalue weighted by Crippen LogP contribution is 2.39. The first-order valence-electron chi connectivity index (χ1n) is 12.2. The number of aromatic nitrogens is 6. The quantitative estimate of drug-likeness (QED) is 0.356. The third-order valence-electron chi connectivity index (χ3n) is 7.06. The smallest absolute Gasteiger partial charge is 0.341 e. The third-order valence-corrected chi connectivity index (χ3v) is 7.79. The van der Waals surface area contributed by atoms with Gasteiger partial charge in [0.1, 0.15) is 23.0 Å². The molecule has 4 aromatic rings. The van der Waals surface area contributed by atoms with E-state index in [-0.39, 0.29) is 29.1 Å². The maximum absolute atomic E-state index is 13.1. The van der Waals surface area contributed by atoms with Crippen LogP contribution in [0.2, 0.25) is 0 Å². The van der Waals surface area contributed by atoms with Crippen LogP contribution in [0.5, 0.6) is 5.88 Å². The largest absolute Gasteiger partial charge is 0.481 e. The van der Waals surface area contributed by atoms with Gasteiger partial charge in [0.2, 0.25) is 16.4 Å². The van der Waals surface area contributed by atoms with Gasteiger partial charge >= 0.3 is 5.97 Å². The number of methoxy groups -OCH3 is 1. The van der Waals surface area contributed by atoms with Crippen molar-refractivity contribution in [3.05, 3.63) is 51.2 Å². The lowest BCUT2D eigenvalue weighted by Crippen LogP contribution is -2.51. The minimum atomic E-state index is -1.31. The zero-order valence-corrected chi connectivity index (χ0v) is 21.9. The molecule has 38 heavy (non-hydrogen) atoms.